The molecule has 3 atom stereocenters. The highest BCUT2D eigenvalue weighted by molar-refractivity contribution is 8.03. The molecule has 0 bridgehead atoms. The molecule has 4 N–H and O–H groups in total. The number of carbonyl (C=O) groups excluding carboxylic acids is 1. The molecular formula is C26H41NO6PS+. The molecular weight excluding hydrogens is 485 g/mol. The molecule has 1 heterocycles. The minimum Gasteiger partial charge on any atom is -0.480 e. The summed E-state index contributed by atoms with van der Waals surface area (Å²) in [7, 11) is -3.86. The van der Waals surface area contributed by atoms with Gasteiger partial charge in [0.25, 0.3) is 13.6 Å². The molecule has 0 radical (unpaired) electrons. The Morgan fingerprint density at radius 2 is 1.74 bits per heavy atom. The second-order valence-electron chi connectivity index (χ2n) is 10.5. The van der Waals surface area contributed by atoms with Crippen LogP contribution in [0.3, 0.4) is 0 Å². The quantitative estimate of drug-likeness (QED) is 0.163. The average molecular weight is 527 g/mol. The number of hydrogen-bond donors (Lipinski definition) is 4. The van der Waals surface area contributed by atoms with E-state index in [9.17, 15) is 29.0 Å². The van der Waals surface area contributed by atoms with Gasteiger partial charge in [0, 0.05) is 25.0 Å². The van der Waals surface area contributed by atoms with E-state index in [0.29, 0.717) is 43.8 Å². The number of carboxylic acid groups (broad SMARTS) is 1. The number of hydrogen-bond acceptors (Lipinski definition) is 6. The van der Waals surface area contributed by atoms with Gasteiger partial charge in [0.05, 0.1) is 0 Å². The van der Waals surface area contributed by atoms with Gasteiger partial charge in [0.2, 0.25) is 0 Å². The zero-order chi connectivity index (χ0) is 25.5. The van der Waals surface area contributed by atoms with Crippen molar-refractivity contribution in [1.82, 2.24) is 4.90 Å². The molecule has 3 rings (SSSR count). The van der Waals surface area contributed by atoms with Crippen molar-refractivity contribution < 1.29 is 29.0 Å². The minimum atomic E-state index is -3.86. The lowest BCUT2D eigenvalue weighted by atomic mass is 9.79. The molecule has 9 heteroatoms. The summed E-state index contributed by atoms with van der Waals surface area (Å²) in [5.74, 6) is -0.985. The predicted octanol–water partition coefficient (Wildman–Crippen LogP) is 5.43. The number of likely N-dealkylation sites (tertiary alicyclic amines) is 1. The van der Waals surface area contributed by atoms with Crippen LogP contribution >= 0.6 is 19.8 Å². The SMILES string of the molecule is CC(CCCCCc1ccccc1)(SO)[P+](O)(O)CC(=O)N1CC(C2CCCCC2)C[C@H]1C(=O)O. The van der Waals surface area contributed by atoms with Crippen LogP contribution in [-0.4, -0.2) is 59.5 Å². The second-order valence-corrected chi connectivity index (χ2v) is 14.6. The van der Waals surface area contributed by atoms with Crippen LogP contribution in [-0.2, 0) is 16.0 Å². The average Bonchev–Trinajstić information content (AvgIpc) is 3.31. The first-order valence-corrected chi connectivity index (χ1v) is 15.5. The molecule has 2 fully saturated rings. The van der Waals surface area contributed by atoms with Gasteiger partial charge in [-0.1, -0.05) is 68.9 Å². The maximum absolute atomic E-state index is 13.2. The van der Waals surface area contributed by atoms with Gasteiger partial charge in [0.1, 0.15) is 6.04 Å². The van der Waals surface area contributed by atoms with Crippen LogP contribution in [0.2, 0.25) is 0 Å². The molecule has 1 saturated heterocycles. The highest BCUT2D eigenvalue weighted by Gasteiger charge is 2.58. The Morgan fingerprint density at radius 3 is 2.37 bits per heavy atom. The lowest BCUT2D eigenvalue weighted by Gasteiger charge is -2.31. The minimum absolute atomic E-state index is 0.147. The third-order valence-corrected chi connectivity index (χ3v) is 12.2. The van der Waals surface area contributed by atoms with Gasteiger partial charge >= 0.3 is 5.97 Å². The Labute approximate surface area is 214 Å². The summed E-state index contributed by atoms with van der Waals surface area (Å²) in [4.78, 5) is 48.5. The lowest BCUT2D eigenvalue weighted by molar-refractivity contribution is -0.147. The van der Waals surface area contributed by atoms with Crippen molar-refractivity contribution in [2.24, 2.45) is 11.8 Å². The summed E-state index contributed by atoms with van der Waals surface area (Å²) < 4.78 is 8.74. The Hall–Kier alpha value is -1.18. The maximum atomic E-state index is 13.2. The van der Waals surface area contributed by atoms with E-state index >= 15 is 0 Å². The van der Waals surface area contributed by atoms with E-state index < -0.39 is 36.3 Å². The van der Waals surface area contributed by atoms with Crippen LogP contribution in [0.15, 0.2) is 30.3 Å². The van der Waals surface area contributed by atoms with E-state index in [-0.39, 0.29) is 5.92 Å². The van der Waals surface area contributed by atoms with Gasteiger partial charge in [-0.15, -0.1) is 0 Å². The molecule has 1 aliphatic carbocycles. The topological polar surface area (TPSA) is 118 Å². The van der Waals surface area contributed by atoms with Gasteiger partial charge in [-0.25, -0.2) is 14.6 Å². The maximum Gasteiger partial charge on any atom is 0.326 e. The fraction of sp³-hybridized carbons (Fsp3) is 0.692. The number of benzene rings is 1. The normalized spacial score (nSPS) is 23.3. The smallest absolute Gasteiger partial charge is 0.326 e. The number of rotatable bonds is 12. The molecule has 1 aliphatic heterocycles. The van der Waals surface area contributed by atoms with Crippen LogP contribution in [0.25, 0.3) is 0 Å². The Bertz CT molecular complexity index is 834. The molecule has 0 aromatic heterocycles. The summed E-state index contributed by atoms with van der Waals surface area (Å²) in [6, 6.07) is 9.25. The zero-order valence-corrected chi connectivity index (χ0v) is 22.4. The standard InChI is InChI=1S/C26H40NO6PS/c1-26(35-33,16-10-4-7-13-20-11-5-2-6-12-20)34(31,32)19-24(28)27-18-22(17-23(27)25(29)30)21-14-8-3-9-15-21/h2,5-6,11-12,21-23,31-32H,3-4,7-10,13-19H2,1H3,(H-,29,30,33)/p+1/t22?,23-,26?/m0/s1. The molecule has 1 amide bonds. The van der Waals surface area contributed by atoms with Crippen LogP contribution < -0.4 is 0 Å². The van der Waals surface area contributed by atoms with Gasteiger partial charge in [-0.05, 0) is 50.0 Å². The van der Waals surface area contributed by atoms with Crippen molar-refractivity contribution in [3.63, 3.8) is 0 Å². The number of amides is 1. The highest BCUT2D eigenvalue weighted by atomic mass is 32.2. The van der Waals surface area contributed by atoms with Crippen molar-refractivity contribution in [3.8, 4) is 0 Å². The number of aliphatic carboxylic acids is 1. The Balaban J connectivity index is 1.55. The van der Waals surface area contributed by atoms with E-state index in [1.54, 1.807) is 6.92 Å². The van der Waals surface area contributed by atoms with E-state index in [1.165, 1.54) is 16.9 Å². The number of unbranched alkanes of at least 4 members (excludes halogenated alkanes) is 2. The summed E-state index contributed by atoms with van der Waals surface area (Å²) in [5, 5.41) is 9.75. The van der Waals surface area contributed by atoms with E-state index in [2.05, 4.69) is 12.1 Å². The van der Waals surface area contributed by atoms with Crippen molar-refractivity contribution >= 4 is 31.6 Å². The number of nitrogens with zero attached hydrogens (tertiary/aromatic N) is 1. The van der Waals surface area contributed by atoms with E-state index in [0.717, 1.165) is 44.9 Å². The molecule has 1 aromatic carbocycles. The van der Waals surface area contributed by atoms with Crippen molar-refractivity contribution in [3.05, 3.63) is 35.9 Å². The van der Waals surface area contributed by atoms with E-state index in [1.807, 2.05) is 18.2 Å². The summed E-state index contributed by atoms with van der Waals surface area (Å²) in [6.45, 7) is 1.96. The number of carboxylic acids is 1. The first kappa shape index (κ1) is 28.4. The highest BCUT2D eigenvalue weighted by Crippen LogP contribution is 2.68. The van der Waals surface area contributed by atoms with E-state index in [4.69, 9.17) is 0 Å². The Kier molecular flexibility index (Phi) is 10.4. The van der Waals surface area contributed by atoms with Crippen molar-refractivity contribution in [2.75, 3.05) is 12.7 Å². The van der Waals surface area contributed by atoms with Crippen molar-refractivity contribution in [1.29, 1.82) is 0 Å². The van der Waals surface area contributed by atoms with Gasteiger partial charge < -0.3 is 14.6 Å². The van der Waals surface area contributed by atoms with Crippen LogP contribution in [0.1, 0.15) is 76.7 Å². The lowest BCUT2D eigenvalue weighted by Crippen LogP contribution is -2.43. The molecule has 2 unspecified atom stereocenters. The molecule has 1 aromatic rings. The van der Waals surface area contributed by atoms with Crippen LogP contribution in [0, 0.1) is 11.8 Å². The summed E-state index contributed by atoms with van der Waals surface area (Å²) >= 11 is 0.411. The third kappa shape index (κ3) is 7.42. The predicted molar refractivity (Wildman–Crippen MR) is 141 cm³/mol. The molecule has 0 spiro atoms. The molecule has 35 heavy (non-hydrogen) atoms. The monoisotopic (exact) mass is 526 g/mol. The van der Waals surface area contributed by atoms with Gasteiger partial charge in [-0.2, -0.15) is 0 Å². The number of carbonyl (C=O) groups is 2. The van der Waals surface area contributed by atoms with Gasteiger partial charge in [0.15, 0.2) is 10.7 Å². The van der Waals surface area contributed by atoms with Crippen LogP contribution in [0.4, 0.5) is 0 Å². The number of aryl methyl sites for hydroxylation is 1. The van der Waals surface area contributed by atoms with Gasteiger partial charge in [-0.3, -0.25) is 4.79 Å². The largest absolute Gasteiger partial charge is 0.480 e. The molecule has 7 nitrogen and oxygen atoms in total. The molecule has 196 valence electrons. The first-order chi connectivity index (χ1) is 16.7. The molecule has 1 saturated carbocycles. The Morgan fingerprint density at radius 1 is 1.06 bits per heavy atom. The van der Waals surface area contributed by atoms with Crippen LogP contribution in [0.5, 0.6) is 0 Å². The second kappa shape index (κ2) is 12.9. The van der Waals surface area contributed by atoms with Crippen molar-refractivity contribution in [2.45, 2.75) is 88.1 Å². The zero-order valence-electron chi connectivity index (χ0n) is 20.7. The first-order valence-electron chi connectivity index (χ1n) is 12.9. The fourth-order valence-corrected chi connectivity index (χ4v) is 8.03. The third-order valence-electron chi connectivity index (χ3n) is 8.01. The fourth-order valence-electron chi connectivity index (χ4n) is 5.67. The molecule has 2 aliphatic rings. The summed E-state index contributed by atoms with van der Waals surface area (Å²) in [5.41, 5.74) is 1.26. The summed E-state index contributed by atoms with van der Waals surface area (Å²) in [6.07, 6.45) is 9.36.